The molecule has 1 saturated heterocycles. The molecule has 2 unspecified atom stereocenters. The van der Waals surface area contributed by atoms with Gasteiger partial charge >= 0.3 is 0 Å². The molecule has 1 heterocycles. The van der Waals surface area contributed by atoms with Crippen molar-refractivity contribution in [3.63, 3.8) is 0 Å². The Kier molecular flexibility index (Phi) is 3.34. The van der Waals surface area contributed by atoms with Gasteiger partial charge in [0.25, 0.3) is 0 Å². The highest BCUT2D eigenvalue weighted by molar-refractivity contribution is 4.68. The Morgan fingerprint density at radius 3 is 2.73 bits per heavy atom. The van der Waals surface area contributed by atoms with Crippen molar-refractivity contribution >= 4 is 0 Å². The van der Waals surface area contributed by atoms with Crippen LogP contribution in [0.4, 0.5) is 0 Å². The molecule has 0 spiro atoms. The van der Waals surface area contributed by atoms with Gasteiger partial charge in [0.2, 0.25) is 0 Å². The summed E-state index contributed by atoms with van der Waals surface area (Å²) in [4.78, 5) is 2.17. The van der Waals surface area contributed by atoms with E-state index in [4.69, 9.17) is 4.74 Å². The Morgan fingerprint density at radius 2 is 2.18 bits per heavy atom. The minimum Gasteiger partial charge on any atom is -0.363 e. The maximum Gasteiger partial charge on any atom is 0.110 e. The van der Waals surface area contributed by atoms with Crippen LogP contribution in [0.5, 0.6) is 0 Å². The van der Waals surface area contributed by atoms with Crippen LogP contribution in [0.15, 0.2) is 0 Å². The summed E-state index contributed by atoms with van der Waals surface area (Å²) in [5.74, 6) is 0.885. The Morgan fingerprint density at radius 1 is 1.45 bits per heavy atom. The zero-order chi connectivity index (χ0) is 8.27. The monoisotopic (exact) mass is 157 g/mol. The lowest BCUT2D eigenvalue weighted by molar-refractivity contribution is -0.0832. The average molecular weight is 157 g/mol. The molecular formula is C9H19NO. The fourth-order valence-corrected chi connectivity index (χ4v) is 1.57. The van der Waals surface area contributed by atoms with Crippen molar-refractivity contribution in [3.05, 3.63) is 0 Å². The third kappa shape index (κ3) is 2.46. The van der Waals surface area contributed by atoms with Crippen LogP contribution in [0.1, 0.15) is 26.2 Å². The van der Waals surface area contributed by atoms with E-state index in [2.05, 4.69) is 25.9 Å². The van der Waals surface area contributed by atoms with Crippen molar-refractivity contribution in [2.75, 3.05) is 20.7 Å². The largest absolute Gasteiger partial charge is 0.363 e. The third-order valence-electron chi connectivity index (χ3n) is 2.52. The average Bonchev–Trinajstić information content (AvgIpc) is 2.05. The molecule has 1 aliphatic heterocycles. The first-order valence-electron chi connectivity index (χ1n) is 4.52. The molecule has 1 aliphatic rings. The quantitative estimate of drug-likeness (QED) is 0.605. The molecule has 1 fully saturated rings. The summed E-state index contributed by atoms with van der Waals surface area (Å²) in [5, 5.41) is 0. The van der Waals surface area contributed by atoms with Crippen LogP contribution >= 0.6 is 0 Å². The predicted molar refractivity (Wildman–Crippen MR) is 46.4 cm³/mol. The van der Waals surface area contributed by atoms with E-state index in [9.17, 15) is 0 Å². The van der Waals surface area contributed by atoms with E-state index in [1.165, 1.54) is 19.3 Å². The Balaban J connectivity index is 2.33. The van der Waals surface area contributed by atoms with E-state index in [0.29, 0.717) is 6.23 Å². The molecule has 0 aromatic carbocycles. The Labute approximate surface area is 69.5 Å². The molecule has 0 aliphatic carbocycles. The molecule has 0 radical (unpaired) electrons. The lowest BCUT2D eigenvalue weighted by Gasteiger charge is -2.32. The van der Waals surface area contributed by atoms with Gasteiger partial charge in [0.1, 0.15) is 6.23 Å². The minimum absolute atomic E-state index is 0.369. The highest BCUT2D eigenvalue weighted by atomic mass is 16.5. The van der Waals surface area contributed by atoms with Gasteiger partial charge in [-0.2, -0.15) is 0 Å². The highest BCUT2D eigenvalue weighted by Crippen LogP contribution is 2.23. The van der Waals surface area contributed by atoms with Crippen LogP contribution in [0.3, 0.4) is 0 Å². The summed E-state index contributed by atoms with van der Waals surface area (Å²) in [6.07, 6.45) is 4.13. The summed E-state index contributed by atoms with van der Waals surface area (Å²) in [5.41, 5.74) is 0. The first-order valence-corrected chi connectivity index (χ1v) is 4.52. The summed E-state index contributed by atoms with van der Waals surface area (Å²) in [6.45, 7) is 3.21. The fourth-order valence-electron chi connectivity index (χ4n) is 1.57. The standard InChI is InChI=1S/C9H19NO/c1-4-8-5-6-11-9(7-8)10(2)3/h8-9H,4-7H2,1-3H3. The van der Waals surface area contributed by atoms with Crippen LogP contribution in [0.2, 0.25) is 0 Å². The van der Waals surface area contributed by atoms with Gasteiger partial charge in [-0.25, -0.2) is 0 Å². The lowest BCUT2D eigenvalue weighted by Crippen LogP contribution is -2.36. The summed E-state index contributed by atoms with van der Waals surface area (Å²) in [7, 11) is 4.17. The zero-order valence-corrected chi connectivity index (χ0v) is 7.84. The molecule has 0 saturated carbocycles. The molecule has 1 rings (SSSR count). The number of hydrogen-bond acceptors (Lipinski definition) is 2. The van der Waals surface area contributed by atoms with Gasteiger partial charge in [-0.15, -0.1) is 0 Å². The molecular weight excluding hydrogens is 138 g/mol. The van der Waals surface area contributed by atoms with E-state index < -0.39 is 0 Å². The van der Waals surface area contributed by atoms with Crippen molar-refractivity contribution in [1.29, 1.82) is 0 Å². The van der Waals surface area contributed by atoms with Gasteiger partial charge in [-0.1, -0.05) is 13.3 Å². The van der Waals surface area contributed by atoms with E-state index in [1.807, 2.05) is 0 Å². The van der Waals surface area contributed by atoms with Crippen LogP contribution in [-0.2, 0) is 4.74 Å². The first kappa shape index (κ1) is 9.01. The predicted octanol–water partition coefficient (Wildman–Crippen LogP) is 1.71. The van der Waals surface area contributed by atoms with Crippen LogP contribution in [0.25, 0.3) is 0 Å². The number of rotatable bonds is 2. The van der Waals surface area contributed by atoms with Gasteiger partial charge < -0.3 is 4.74 Å². The Bertz CT molecular complexity index is 114. The second-order valence-electron chi connectivity index (χ2n) is 3.59. The normalized spacial score (nSPS) is 32.7. The van der Waals surface area contributed by atoms with Crippen LogP contribution in [0, 0.1) is 5.92 Å². The van der Waals surface area contributed by atoms with Gasteiger partial charge in [-0.05, 0) is 32.9 Å². The number of ether oxygens (including phenoxy) is 1. The maximum atomic E-state index is 5.60. The molecule has 2 atom stereocenters. The van der Waals surface area contributed by atoms with Crippen molar-refractivity contribution in [3.8, 4) is 0 Å². The summed E-state index contributed by atoms with van der Waals surface area (Å²) < 4.78 is 5.60. The second-order valence-corrected chi connectivity index (χ2v) is 3.59. The SMILES string of the molecule is CCC1CCOC(N(C)C)C1. The third-order valence-corrected chi connectivity index (χ3v) is 2.52. The molecule has 11 heavy (non-hydrogen) atoms. The summed E-state index contributed by atoms with van der Waals surface area (Å²) >= 11 is 0. The second kappa shape index (κ2) is 4.07. The van der Waals surface area contributed by atoms with Gasteiger partial charge in [-0.3, -0.25) is 4.90 Å². The lowest BCUT2D eigenvalue weighted by atomic mass is 9.96. The van der Waals surface area contributed by atoms with Crippen molar-refractivity contribution in [1.82, 2.24) is 4.90 Å². The van der Waals surface area contributed by atoms with Gasteiger partial charge in [0.15, 0.2) is 0 Å². The van der Waals surface area contributed by atoms with E-state index in [0.717, 1.165) is 12.5 Å². The molecule has 0 aromatic rings. The zero-order valence-electron chi connectivity index (χ0n) is 7.84. The highest BCUT2D eigenvalue weighted by Gasteiger charge is 2.22. The number of nitrogens with zero attached hydrogens (tertiary/aromatic N) is 1. The maximum absolute atomic E-state index is 5.60. The summed E-state index contributed by atoms with van der Waals surface area (Å²) in [6, 6.07) is 0. The van der Waals surface area contributed by atoms with Crippen LogP contribution < -0.4 is 0 Å². The van der Waals surface area contributed by atoms with Crippen molar-refractivity contribution < 1.29 is 4.74 Å². The van der Waals surface area contributed by atoms with Crippen molar-refractivity contribution in [2.24, 2.45) is 5.92 Å². The van der Waals surface area contributed by atoms with Crippen LogP contribution in [-0.4, -0.2) is 31.8 Å². The number of hydrogen-bond donors (Lipinski definition) is 0. The van der Waals surface area contributed by atoms with E-state index in [-0.39, 0.29) is 0 Å². The first-order chi connectivity index (χ1) is 5.24. The minimum atomic E-state index is 0.369. The molecule has 0 aromatic heterocycles. The molecule has 0 amide bonds. The molecule has 0 N–H and O–H groups in total. The van der Waals surface area contributed by atoms with Gasteiger partial charge in [0.05, 0.1) is 0 Å². The smallest absolute Gasteiger partial charge is 0.110 e. The topological polar surface area (TPSA) is 12.5 Å². The van der Waals surface area contributed by atoms with E-state index in [1.54, 1.807) is 0 Å². The van der Waals surface area contributed by atoms with Gasteiger partial charge in [0, 0.05) is 6.61 Å². The van der Waals surface area contributed by atoms with Crippen molar-refractivity contribution in [2.45, 2.75) is 32.4 Å². The fraction of sp³-hybridized carbons (Fsp3) is 1.00. The molecule has 66 valence electrons. The molecule has 2 nitrogen and oxygen atoms in total. The Hall–Kier alpha value is -0.0800. The van der Waals surface area contributed by atoms with E-state index >= 15 is 0 Å². The molecule has 0 bridgehead atoms. The molecule has 2 heteroatoms.